The molecular weight excluding hydrogens is 234 g/mol. The van der Waals surface area contributed by atoms with Crippen molar-refractivity contribution in [3.05, 3.63) is 34.3 Å². The molecule has 0 aliphatic heterocycles. The third-order valence-corrected chi connectivity index (χ3v) is 2.42. The largest absolute Gasteiger partial charge is 0.296 e. The Morgan fingerprint density at radius 1 is 1.50 bits per heavy atom. The summed E-state index contributed by atoms with van der Waals surface area (Å²) in [5.74, 6) is 0. The van der Waals surface area contributed by atoms with E-state index >= 15 is 0 Å². The van der Waals surface area contributed by atoms with Gasteiger partial charge in [-0.25, -0.2) is 8.78 Å². The Labute approximate surface area is 98.0 Å². The summed E-state index contributed by atoms with van der Waals surface area (Å²) >= 11 is 5.92. The Morgan fingerprint density at radius 2 is 2.19 bits per heavy atom. The Balaban J connectivity index is 2.71. The van der Waals surface area contributed by atoms with E-state index in [1.807, 2.05) is 6.07 Å². The van der Waals surface area contributed by atoms with Crippen LogP contribution in [0.5, 0.6) is 0 Å². The van der Waals surface area contributed by atoms with Crippen molar-refractivity contribution in [2.75, 3.05) is 13.6 Å². The number of alkyl halides is 2. The second-order valence-corrected chi connectivity index (χ2v) is 3.91. The van der Waals surface area contributed by atoms with Crippen molar-refractivity contribution in [2.24, 2.45) is 0 Å². The van der Waals surface area contributed by atoms with Crippen LogP contribution in [0.25, 0.3) is 0 Å². The van der Waals surface area contributed by atoms with Crippen LogP contribution in [0.15, 0.2) is 18.2 Å². The average molecular weight is 245 g/mol. The number of rotatable bonds is 4. The van der Waals surface area contributed by atoms with Crippen LogP contribution in [-0.4, -0.2) is 24.9 Å². The molecule has 0 saturated carbocycles. The fourth-order valence-corrected chi connectivity index (χ4v) is 1.58. The minimum absolute atomic E-state index is 0.295. The van der Waals surface area contributed by atoms with Gasteiger partial charge in [0.1, 0.15) is 0 Å². The smallest absolute Gasteiger partial charge is 0.251 e. The van der Waals surface area contributed by atoms with Gasteiger partial charge >= 0.3 is 0 Å². The van der Waals surface area contributed by atoms with Crippen molar-refractivity contribution in [3.8, 4) is 6.07 Å². The molecule has 0 heterocycles. The van der Waals surface area contributed by atoms with Crippen LogP contribution in [-0.2, 0) is 6.54 Å². The van der Waals surface area contributed by atoms with Gasteiger partial charge in [0.05, 0.1) is 18.2 Å². The third-order valence-electron chi connectivity index (χ3n) is 2.07. The second-order valence-electron chi connectivity index (χ2n) is 3.51. The van der Waals surface area contributed by atoms with Gasteiger partial charge in [-0.05, 0) is 24.7 Å². The van der Waals surface area contributed by atoms with Crippen molar-refractivity contribution in [1.29, 1.82) is 5.26 Å². The van der Waals surface area contributed by atoms with Crippen LogP contribution >= 0.6 is 11.6 Å². The number of nitriles is 1. The summed E-state index contributed by atoms with van der Waals surface area (Å²) in [6.45, 7) is 0.0468. The lowest BCUT2D eigenvalue weighted by atomic mass is 10.1. The van der Waals surface area contributed by atoms with Gasteiger partial charge in [-0.2, -0.15) is 5.26 Å². The fraction of sp³-hybridized carbons (Fsp3) is 0.364. The first-order valence-corrected chi connectivity index (χ1v) is 5.06. The van der Waals surface area contributed by atoms with E-state index in [-0.39, 0.29) is 6.54 Å². The van der Waals surface area contributed by atoms with Gasteiger partial charge in [0.15, 0.2) is 0 Å². The summed E-state index contributed by atoms with van der Waals surface area (Å²) in [5, 5.41) is 9.07. The van der Waals surface area contributed by atoms with Crippen molar-refractivity contribution in [1.82, 2.24) is 4.90 Å². The lowest BCUT2D eigenvalue weighted by molar-refractivity contribution is 0.0975. The first-order valence-electron chi connectivity index (χ1n) is 4.68. The van der Waals surface area contributed by atoms with E-state index in [0.29, 0.717) is 17.1 Å². The number of hydrogen-bond donors (Lipinski definition) is 0. The summed E-state index contributed by atoms with van der Waals surface area (Å²) in [7, 11) is 1.60. The molecule has 0 spiro atoms. The molecular formula is C11H11ClF2N2. The Hall–Kier alpha value is -1.18. The number of hydrogen-bond acceptors (Lipinski definition) is 2. The molecule has 0 amide bonds. The third kappa shape index (κ3) is 3.76. The van der Waals surface area contributed by atoms with Gasteiger partial charge in [-0.15, -0.1) is 0 Å². The quantitative estimate of drug-likeness (QED) is 0.814. The van der Waals surface area contributed by atoms with Gasteiger partial charge < -0.3 is 0 Å². The number of nitrogens with zero attached hydrogens (tertiary/aromatic N) is 2. The van der Waals surface area contributed by atoms with Crippen LogP contribution in [0, 0.1) is 11.3 Å². The molecule has 1 aromatic carbocycles. The van der Waals surface area contributed by atoms with Gasteiger partial charge in [0, 0.05) is 11.6 Å². The lowest BCUT2D eigenvalue weighted by Crippen LogP contribution is -2.24. The van der Waals surface area contributed by atoms with Crippen LogP contribution in [0.4, 0.5) is 8.78 Å². The van der Waals surface area contributed by atoms with Crippen LogP contribution in [0.3, 0.4) is 0 Å². The van der Waals surface area contributed by atoms with Crippen molar-refractivity contribution in [3.63, 3.8) is 0 Å². The normalized spacial score (nSPS) is 10.8. The van der Waals surface area contributed by atoms with Crippen molar-refractivity contribution in [2.45, 2.75) is 13.0 Å². The highest BCUT2D eigenvalue weighted by Crippen LogP contribution is 2.19. The summed E-state index contributed by atoms with van der Waals surface area (Å²) in [6.07, 6.45) is -2.36. The summed E-state index contributed by atoms with van der Waals surface area (Å²) in [4.78, 5) is 1.48. The highest BCUT2D eigenvalue weighted by atomic mass is 35.5. The van der Waals surface area contributed by atoms with E-state index in [2.05, 4.69) is 0 Å². The summed E-state index contributed by atoms with van der Waals surface area (Å²) in [5.41, 5.74) is 1.20. The predicted octanol–water partition coefficient (Wildman–Crippen LogP) is 2.91. The zero-order chi connectivity index (χ0) is 12.1. The minimum atomic E-state index is -2.36. The molecule has 0 aliphatic carbocycles. The molecule has 86 valence electrons. The average Bonchev–Trinajstić information content (AvgIpc) is 2.19. The molecule has 16 heavy (non-hydrogen) atoms. The van der Waals surface area contributed by atoms with E-state index in [9.17, 15) is 8.78 Å². The zero-order valence-electron chi connectivity index (χ0n) is 8.75. The maximum Gasteiger partial charge on any atom is 0.251 e. The molecule has 0 atom stereocenters. The molecule has 0 saturated heterocycles. The summed E-state index contributed by atoms with van der Waals surface area (Å²) in [6, 6.07) is 6.80. The molecule has 1 aromatic rings. The van der Waals surface area contributed by atoms with Crippen LogP contribution in [0.1, 0.15) is 11.1 Å². The monoisotopic (exact) mass is 244 g/mol. The van der Waals surface area contributed by atoms with Gasteiger partial charge in [0.25, 0.3) is 6.43 Å². The molecule has 5 heteroatoms. The van der Waals surface area contributed by atoms with Gasteiger partial charge in [-0.3, -0.25) is 4.90 Å². The van der Waals surface area contributed by atoms with Crippen LogP contribution in [0.2, 0.25) is 5.02 Å². The first kappa shape index (κ1) is 12.9. The predicted molar refractivity (Wildman–Crippen MR) is 58.5 cm³/mol. The van der Waals surface area contributed by atoms with E-state index < -0.39 is 6.43 Å². The molecule has 0 bridgehead atoms. The highest BCUT2D eigenvalue weighted by molar-refractivity contribution is 6.31. The van der Waals surface area contributed by atoms with E-state index in [1.165, 1.54) is 11.0 Å². The van der Waals surface area contributed by atoms with Gasteiger partial charge in [0.2, 0.25) is 0 Å². The van der Waals surface area contributed by atoms with E-state index in [0.717, 1.165) is 5.56 Å². The standard InChI is InChI=1S/C11H11ClF2N2/c1-16(7-11(13)14)6-9-3-2-8(5-15)4-10(9)12/h2-4,11H,6-7H2,1H3. The molecule has 0 N–H and O–H groups in total. The molecule has 2 nitrogen and oxygen atoms in total. The molecule has 0 unspecified atom stereocenters. The van der Waals surface area contributed by atoms with E-state index in [1.54, 1.807) is 19.2 Å². The summed E-state index contributed by atoms with van der Waals surface area (Å²) < 4.78 is 24.2. The maximum atomic E-state index is 12.1. The highest BCUT2D eigenvalue weighted by Gasteiger charge is 2.10. The topological polar surface area (TPSA) is 27.0 Å². The molecule has 1 rings (SSSR count). The fourth-order valence-electron chi connectivity index (χ4n) is 1.34. The Kier molecular flexibility index (Phi) is 4.66. The van der Waals surface area contributed by atoms with Gasteiger partial charge in [-0.1, -0.05) is 17.7 Å². The molecule has 0 fully saturated rings. The Bertz CT molecular complexity index is 401. The minimum Gasteiger partial charge on any atom is -0.296 e. The lowest BCUT2D eigenvalue weighted by Gasteiger charge is -2.16. The SMILES string of the molecule is CN(Cc1ccc(C#N)cc1Cl)CC(F)F. The van der Waals surface area contributed by atoms with Crippen molar-refractivity contribution >= 4 is 11.6 Å². The Morgan fingerprint density at radius 3 is 2.69 bits per heavy atom. The zero-order valence-corrected chi connectivity index (χ0v) is 9.51. The number of benzene rings is 1. The molecule has 0 aliphatic rings. The molecule has 0 aromatic heterocycles. The van der Waals surface area contributed by atoms with Crippen LogP contribution < -0.4 is 0 Å². The number of halogens is 3. The van der Waals surface area contributed by atoms with Crippen molar-refractivity contribution < 1.29 is 8.78 Å². The maximum absolute atomic E-state index is 12.1. The molecule has 0 radical (unpaired) electrons. The second kappa shape index (κ2) is 5.78. The first-order chi connectivity index (χ1) is 7.52. The van der Waals surface area contributed by atoms with E-state index in [4.69, 9.17) is 16.9 Å².